The number of aryl methyl sites for hydroxylation is 1. The number of methoxy groups -OCH3 is 2. The Morgan fingerprint density at radius 3 is 2.29 bits per heavy atom. The summed E-state index contributed by atoms with van der Waals surface area (Å²) in [5.74, 6) is -0.0248. The molecule has 0 aromatic heterocycles. The van der Waals surface area contributed by atoms with Crippen molar-refractivity contribution in [2.75, 3.05) is 14.2 Å². The van der Waals surface area contributed by atoms with Crippen molar-refractivity contribution in [1.82, 2.24) is 10.9 Å². The van der Waals surface area contributed by atoms with Crippen LogP contribution in [0.4, 0.5) is 5.69 Å². The van der Waals surface area contributed by atoms with Crippen molar-refractivity contribution in [3.05, 3.63) is 57.6 Å². The fraction of sp³-hybridized carbons (Fsp3) is 0.176. The first kappa shape index (κ1) is 25.3. The van der Waals surface area contributed by atoms with E-state index in [-0.39, 0.29) is 27.6 Å². The van der Waals surface area contributed by atoms with Crippen molar-refractivity contribution in [2.24, 2.45) is 5.10 Å². The summed E-state index contributed by atoms with van der Waals surface area (Å²) in [6, 6.07) is 8.45. The molecule has 31 heavy (non-hydrogen) atoms. The molecular formula is C17H21N5O8S. The van der Waals surface area contributed by atoms with Crippen molar-refractivity contribution in [2.45, 2.75) is 11.8 Å². The Kier molecular flexibility index (Phi) is 9.33. The Hall–Kier alpha value is -3.75. The summed E-state index contributed by atoms with van der Waals surface area (Å²) >= 11 is 0. The number of nitrogens with zero attached hydrogens (tertiary/aromatic N) is 2. The second-order valence-electron chi connectivity index (χ2n) is 5.67. The van der Waals surface area contributed by atoms with Crippen LogP contribution in [0, 0.1) is 22.4 Å². The van der Waals surface area contributed by atoms with Crippen LogP contribution < -0.4 is 20.4 Å². The van der Waals surface area contributed by atoms with E-state index in [0.717, 1.165) is 5.56 Å². The average molecular weight is 455 g/mol. The average Bonchev–Trinajstić information content (AvgIpc) is 2.72. The van der Waals surface area contributed by atoms with Gasteiger partial charge in [0.1, 0.15) is 0 Å². The first-order valence-electron chi connectivity index (χ1n) is 8.25. The van der Waals surface area contributed by atoms with Crippen LogP contribution in [0.15, 0.2) is 46.4 Å². The zero-order valence-corrected chi connectivity index (χ0v) is 17.5. The second kappa shape index (κ2) is 11.4. The van der Waals surface area contributed by atoms with E-state index in [0.29, 0.717) is 0 Å². The SMILES string of the molecule is COc1cc([N+](=O)[O-])cc(C=NNC(=N)NO)c1OC.Cc1ccc(S(=O)(=O)O)cc1. The van der Waals surface area contributed by atoms with Crippen LogP contribution in [0.3, 0.4) is 0 Å². The maximum Gasteiger partial charge on any atom is 0.294 e. The highest BCUT2D eigenvalue weighted by Crippen LogP contribution is 2.34. The maximum absolute atomic E-state index is 10.8. The molecule has 0 aliphatic heterocycles. The zero-order valence-electron chi connectivity index (χ0n) is 16.7. The summed E-state index contributed by atoms with van der Waals surface area (Å²) in [6.45, 7) is 1.84. The van der Waals surface area contributed by atoms with Crippen LogP contribution in [0.2, 0.25) is 0 Å². The number of hydrogen-bond donors (Lipinski definition) is 5. The summed E-state index contributed by atoms with van der Waals surface area (Å²) in [6.07, 6.45) is 1.19. The molecule has 0 amide bonds. The van der Waals surface area contributed by atoms with Gasteiger partial charge in [0.2, 0.25) is 5.96 Å². The fourth-order valence-electron chi connectivity index (χ4n) is 2.08. The molecule has 13 nitrogen and oxygen atoms in total. The molecule has 0 heterocycles. The van der Waals surface area contributed by atoms with Gasteiger partial charge in [0, 0.05) is 11.6 Å². The van der Waals surface area contributed by atoms with Gasteiger partial charge in [-0.15, -0.1) is 0 Å². The van der Waals surface area contributed by atoms with Crippen molar-refractivity contribution in [1.29, 1.82) is 5.41 Å². The molecule has 0 saturated heterocycles. The molecule has 14 heteroatoms. The molecule has 0 saturated carbocycles. The first-order chi connectivity index (χ1) is 14.5. The van der Waals surface area contributed by atoms with E-state index < -0.39 is 21.0 Å². The highest BCUT2D eigenvalue weighted by molar-refractivity contribution is 7.85. The summed E-state index contributed by atoms with van der Waals surface area (Å²) in [5.41, 5.74) is 4.71. The number of nitrogens with one attached hydrogen (secondary N) is 3. The molecule has 2 aromatic carbocycles. The fourth-order valence-corrected chi connectivity index (χ4v) is 2.56. The highest BCUT2D eigenvalue weighted by Gasteiger charge is 2.17. The van der Waals surface area contributed by atoms with Crippen LogP contribution >= 0.6 is 0 Å². The number of hydrogen-bond acceptors (Lipinski definition) is 9. The smallest absolute Gasteiger partial charge is 0.294 e. The largest absolute Gasteiger partial charge is 0.493 e. The van der Waals surface area contributed by atoms with Gasteiger partial charge < -0.3 is 9.47 Å². The number of rotatable bonds is 6. The minimum absolute atomic E-state index is 0.0666. The molecule has 0 unspecified atom stereocenters. The summed E-state index contributed by atoms with van der Waals surface area (Å²) < 4.78 is 39.7. The molecule has 0 atom stereocenters. The Morgan fingerprint density at radius 1 is 1.23 bits per heavy atom. The summed E-state index contributed by atoms with van der Waals surface area (Å²) in [5, 5.41) is 29.9. The molecule has 5 N–H and O–H groups in total. The molecule has 168 valence electrons. The van der Waals surface area contributed by atoms with Gasteiger partial charge in [0.15, 0.2) is 11.5 Å². The number of ether oxygens (including phenoxy) is 2. The van der Waals surface area contributed by atoms with Gasteiger partial charge in [-0.1, -0.05) is 17.7 Å². The van der Waals surface area contributed by atoms with Crippen molar-refractivity contribution >= 4 is 28.0 Å². The van der Waals surface area contributed by atoms with E-state index in [1.54, 1.807) is 12.1 Å². The summed E-state index contributed by atoms with van der Waals surface area (Å²) in [7, 11) is -1.29. The number of benzene rings is 2. The van der Waals surface area contributed by atoms with Crippen molar-refractivity contribution < 1.29 is 32.6 Å². The predicted octanol–water partition coefficient (Wildman–Crippen LogP) is 1.69. The van der Waals surface area contributed by atoms with E-state index >= 15 is 0 Å². The van der Waals surface area contributed by atoms with Crippen LogP contribution in [-0.4, -0.2) is 49.5 Å². The molecule has 0 aliphatic carbocycles. The zero-order chi connectivity index (χ0) is 23.6. The molecule has 0 spiro atoms. The molecule has 2 aromatic rings. The second-order valence-corrected chi connectivity index (χ2v) is 7.09. The van der Waals surface area contributed by atoms with Gasteiger partial charge >= 0.3 is 0 Å². The standard InChI is InChI=1S/C10H13N5O5.C7H8O3S/c1-19-8-4-7(15(17)18)3-6(9(8)20-2)5-12-13-10(11)14-16;1-6-2-4-7(5-3-6)11(8,9)10/h3-5,16H,1-2H3,(H3,11,13,14);2-5H,1H3,(H,8,9,10). The number of guanidine groups is 1. The molecule has 0 fully saturated rings. The van der Waals surface area contributed by atoms with E-state index in [1.807, 2.05) is 6.92 Å². The topological polar surface area (TPSA) is 196 Å². The number of nitro groups is 1. The predicted molar refractivity (Wildman–Crippen MR) is 111 cm³/mol. The molecule has 0 bridgehead atoms. The van der Waals surface area contributed by atoms with Gasteiger partial charge in [0.25, 0.3) is 15.8 Å². The van der Waals surface area contributed by atoms with Crippen LogP contribution in [0.25, 0.3) is 0 Å². The van der Waals surface area contributed by atoms with Gasteiger partial charge in [-0.3, -0.25) is 25.3 Å². The van der Waals surface area contributed by atoms with Crippen LogP contribution in [0.1, 0.15) is 11.1 Å². The molecule has 0 radical (unpaired) electrons. The first-order valence-corrected chi connectivity index (χ1v) is 9.69. The van der Waals surface area contributed by atoms with E-state index in [1.165, 1.54) is 50.2 Å². The van der Waals surface area contributed by atoms with E-state index in [4.69, 9.17) is 24.6 Å². The lowest BCUT2D eigenvalue weighted by Gasteiger charge is -2.10. The quantitative estimate of drug-likeness (QED) is 0.140. The third-order valence-corrected chi connectivity index (χ3v) is 4.38. The molecule has 2 rings (SSSR count). The Bertz CT molecular complexity index is 1050. The number of nitro benzene ring substituents is 1. The number of hydrazone groups is 1. The Morgan fingerprint density at radius 2 is 1.84 bits per heavy atom. The van der Waals surface area contributed by atoms with Gasteiger partial charge in [-0.25, -0.2) is 10.9 Å². The van der Waals surface area contributed by atoms with Crippen molar-refractivity contribution in [3.63, 3.8) is 0 Å². The lowest BCUT2D eigenvalue weighted by atomic mass is 10.1. The maximum atomic E-state index is 10.8. The monoisotopic (exact) mass is 455 g/mol. The van der Waals surface area contributed by atoms with Crippen molar-refractivity contribution in [3.8, 4) is 11.5 Å². The van der Waals surface area contributed by atoms with E-state index in [2.05, 4.69) is 10.5 Å². The number of non-ortho nitro benzene ring substituents is 1. The van der Waals surface area contributed by atoms with Gasteiger partial charge in [-0.2, -0.15) is 13.5 Å². The highest BCUT2D eigenvalue weighted by atomic mass is 32.2. The summed E-state index contributed by atoms with van der Waals surface area (Å²) in [4.78, 5) is 10.2. The van der Waals surface area contributed by atoms with Gasteiger partial charge in [-0.05, 0) is 19.1 Å². The van der Waals surface area contributed by atoms with E-state index in [9.17, 15) is 18.5 Å². The minimum Gasteiger partial charge on any atom is -0.493 e. The third-order valence-electron chi connectivity index (χ3n) is 3.51. The molecule has 0 aliphatic rings. The molecular weight excluding hydrogens is 434 g/mol. The van der Waals surface area contributed by atoms with Crippen LogP contribution in [0.5, 0.6) is 11.5 Å². The normalized spacial score (nSPS) is 10.6. The number of hydroxylamine groups is 1. The minimum atomic E-state index is -4.02. The lowest BCUT2D eigenvalue weighted by Crippen LogP contribution is -2.30. The lowest BCUT2D eigenvalue weighted by molar-refractivity contribution is -0.385. The van der Waals surface area contributed by atoms with Crippen LogP contribution in [-0.2, 0) is 10.1 Å². The Labute approximate surface area is 177 Å². The Balaban J connectivity index is 0.000000367. The third kappa shape index (κ3) is 7.88. The van der Waals surface area contributed by atoms with Gasteiger partial charge in [0.05, 0.1) is 36.3 Å².